The van der Waals surface area contributed by atoms with Gasteiger partial charge in [0.2, 0.25) is 12.3 Å². The molecule has 1 aromatic carbocycles. The normalized spacial score (nSPS) is 16.1. The Labute approximate surface area is 209 Å². The molecule has 2 aromatic heterocycles. The largest absolute Gasteiger partial charge is 0.375 e. The minimum atomic E-state index is -0.214. The van der Waals surface area contributed by atoms with E-state index in [2.05, 4.69) is 22.3 Å². The van der Waals surface area contributed by atoms with Crippen molar-refractivity contribution in [2.45, 2.75) is 26.0 Å². The van der Waals surface area contributed by atoms with E-state index < -0.39 is 0 Å². The highest BCUT2D eigenvalue weighted by Crippen LogP contribution is 2.33. The Morgan fingerprint density at radius 3 is 2.91 bits per heavy atom. The van der Waals surface area contributed by atoms with Gasteiger partial charge in [0.25, 0.3) is 0 Å². The molecule has 3 heterocycles. The van der Waals surface area contributed by atoms with Gasteiger partial charge in [-0.3, -0.25) is 9.59 Å². The lowest BCUT2D eigenvalue weighted by molar-refractivity contribution is -0.125. The van der Waals surface area contributed by atoms with E-state index in [1.54, 1.807) is 23.5 Å². The van der Waals surface area contributed by atoms with Crippen LogP contribution in [-0.2, 0) is 27.3 Å². The van der Waals surface area contributed by atoms with E-state index in [4.69, 9.17) is 16.3 Å². The van der Waals surface area contributed by atoms with E-state index in [1.165, 1.54) is 23.5 Å². The van der Waals surface area contributed by atoms with Crippen molar-refractivity contribution in [2.24, 2.45) is 0 Å². The number of halogens is 1. The van der Waals surface area contributed by atoms with Crippen LogP contribution in [-0.4, -0.2) is 76.6 Å². The third kappa shape index (κ3) is 5.87. The summed E-state index contributed by atoms with van der Waals surface area (Å²) in [5.74, 6) is -0.214. The van der Waals surface area contributed by atoms with Crippen molar-refractivity contribution in [2.75, 3.05) is 33.8 Å². The summed E-state index contributed by atoms with van der Waals surface area (Å²) in [6.07, 6.45) is 7.66. The van der Waals surface area contributed by atoms with Gasteiger partial charge in [0, 0.05) is 69.2 Å². The van der Waals surface area contributed by atoms with E-state index in [0.717, 1.165) is 53.0 Å². The number of nitrogens with one attached hydrogen (secondary N) is 1. The summed E-state index contributed by atoms with van der Waals surface area (Å²) < 4.78 is 7.73. The number of aryl methyl sites for hydroxylation is 1. The molecule has 1 aliphatic rings. The summed E-state index contributed by atoms with van der Waals surface area (Å²) in [6.45, 7) is 4.79. The van der Waals surface area contributed by atoms with Gasteiger partial charge in [0.15, 0.2) is 0 Å². The van der Waals surface area contributed by atoms with Gasteiger partial charge in [0.05, 0.1) is 23.9 Å². The predicted octanol–water partition coefficient (Wildman–Crippen LogP) is 2.45. The fraction of sp³-hybridized carbons (Fsp3) is 0.360. The number of nitrogens with zero attached hydrogens (tertiary/aromatic N) is 5. The first-order chi connectivity index (χ1) is 16.9. The van der Waals surface area contributed by atoms with Crippen molar-refractivity contribution in [1.82, 2.24) is 29.7 Å². The predicted molar refractivity (Wildman–Crippen MR) is 134 cm³/mol. The maximum atomic E-state index is 12.4. The highest BCUT2D eigenvalue weighted by atomic mass is 35.5. The van der Waals surface area contributed by atoms with Crippen molar-refractivity contribution in [1.29, 1.82) is 0 Å². The second-order valence-corrected chi connectivity index (χ2v) is 9.15. The molecule has 1 N–H and O–H groups in total. The van der Waals surface area contributed by atoms with Crippen LogP contribution < -0.4 is 5.32 Å². The topological polar surface area (TPSA) is 92.1 Å². The first-order valence-electron chi connectivity index (χ1n) is 11.4. The molecular formula is C25H29ClN6O3. The zero-order valence-electron chi connectivity index (χ0n) is 20.1. The smallest absolute Gasteiger partial charge is 0.248 e. The number of likely N-dealkylation sites (N-methyl/N-ethyl adjacent to an activating group) is 1. The van der Waals surface area contributed by atoms with Crippen LogP contribution in [0.5, 0.6) is 0 Å². The number of amides is 2. The third-order valence-corrected chi connectivity index (χ3v) is 6.22. The number of morpholine rings is 1. The second kappa shape index (κ2) is 11.0. The van der Waals surface area contributed by atoms with Crippen molar-refractivity contribution < 1.29 is 14.3 Å². The van der Waals surface area contributed by atoms with Gasteiger partial charge in [0.1, 0.15) is 6.33 Å². The number of hydrogen-bond acceptors (Lipinski definition) is 6. The minimum absolute atomic E-state index is 0.0774. The van der Waals surface area contributed by atoms with Crippen molar-refractivity contribution in [3.05, 3.63) is 64.7 Å². The lowest BCUT2D eigenvalue weighted by Gasteiger charge is -2.25. The maximum Gasteiger partial charge on any atom is 0.248 e. The summed E-state index contributed by atoms with van der Waals surface area (Å²) in [5.41, 5.74) is 5.68. The standard InChI is InChI=1S/C25H29ClN6O3/c1-17-8-19(26)10-22(21(17)11-20-12-27-5-7-35-20)25-23-9-18(14-32(23)29-15-28-25)13-31(3)24(34)4-6-30(2)16-33/h4,6,8-10,14-16,20,27H,5,7,11-13H2,1-3H3/b6-4-. The number of ether oxygens (including phenoxy) is 1. The highest BCUT2D eigenvalue weighted by Gasteiger charge is 2.21. The monoisotopic (exact) mass is 496 g/mol. The number of carbonyl (C=O) groups is 2. The zero-order chi connectivity index (χ0) is 24.9. The Morgan fingerprint density at radius 1 is 1.34 bits per heavy atom. The molecule has 0 aliphatic carbocycles. The lowest BCUT2D eigenvalue weighted by atomic mass is 9.94. The lowest BCUT2D eigenvalue weighted by Crippen LogP contribution is -2.39. The van der Waals surface area contributed by atoms with Gasteiger partial charge in [-0.25, -0.2) is 9.50 Å². The van der Waals surface area contributed by atoms with Crippen LogP contribution in [0.3, 0.4) is 0 Å². The molecular weight excluding hydrogens is 468 g/mol. The number of rotatable bonds is 8. The molecule has 10 heteroatoms. The van der Waals surface area contributed by atoms with E-state index in [9.17, 15) is 9.59 Å². The van der Waals surface area contributed by atoms with Crippen LogP contribution in [0.25, 0.3) is 16.8 Å². The van der Waals surface area contributed by atoms with Crippen LogP contribution in [0, 0.1) is 6.92 Å². The maximum absolute atomic E-state index is 12.4. The van der Waals surface area contributed by atoms with Crippen LogP contribution >= 0.6 is 11.6 Å². The second-order valence-electron chi connectivity index (χ2n) is 8.72. The molecule has 184 valence electrons. The molecule has 9 nitrogen and oxygen atoms in total. The van der Waals surface area contributed by atoms with Gasteiger partial charge in [-0.2, -0.15) is 5.10 Å². The molecule has 0 spiro atoms. The third-order valence-electron chi connectivity index (χ3n) is 6.01. The SMILES string of the molecule is Cc1cc(Cl)cc(-c2ncnn3cc(CN(C)C(=O)/C=C\N(C)C=O)cc23)c1CC1CNCCO1. The number of carbonyl (C=O) groups excluding carboxylic acids is 2. The van der Waals surface area contributed by atoms with Crippen LogP contribution in [0.4, 0.5) is 0 Å². The fourth-order valence-corrected chi connectivity index (χ4v) is 4.48. The molecule has 35 heavy (non-hydrogen) atoms. The quantitative estimate of drug-likeness (QED) is 0.380. The summed E-state index contributed by atoms with van der Waals surface area (Å²) in [5, 5.41) is 8.41. The number of fused-ring (bicyclic) bond motifs is 1. The van der Waals surface area contributed by atoms with Crippen molar-refractivity contribution in [3.63, 3.8) is 0 Å². The highest BCUT2D eigenvalue weighted by molar-refractivity contribution is 6.31. The molecule has 0 radical (unpaired) electrons. The van der Waals surface area contributed by atoms with E-state index >= 15 is 0 Å². The first kappa shape index (κ1) is 24.8. The molecule has 0 bridgehead atoms. The average molecular weight is 497 g/mol. The summed E-state index contributed by atoms with van der Waals surface area (Å²) >= 11 is 6.47. The number of aromatic nitrogens is 3. The average Bonchev–Trinajstić information content (AvgIpc) is 3.26. The molecule has 3 aromatic rings. The Balaban J connectivity index is 1.65. The molecule has 1 aliphatic heterocycles. The van der Waals surface area contributed by atoms with Gasteiger partial charge in [-0.15, -0.1) is 0 Å². The number of benzene rings is 1. The minimum Gasteiger partial charge on any atom is -0.375 e. The van der Waals surface area contributed by atoms with Crippen LogP contribution in [0.2, 0.25) is 5.02 Å². The van der Waals surface area contributed by atoms with Gasteiger partial charge in [-0.05, 0) is 41.8 Å². The summed E-state index contributed by atoms with van der Waals surface area (Å²) in [6, 6.07) is 5.90. The van der Waals surface area contributed by atoms with Crippen molar-refractivity contribution in [3.8, 4) is 11.3 Å². The molecule has 1 unspecified atom stereocenters. The van der Waals surface area contributed by atoms with E-state index in [-0.39, 0.29) is 12.0 Å². The zero-order valence-corrected chi connectivity index (χ0v) is 20.8. The van der Waals surface area contributed by atoms with Crippen molar-refractivity contribution >= 4 is 29.4 Å². The summed E-state index contributed by atoms with van der Waals surface area (Å²) in [4.78, 5) is 30.6. The molecule has 4 rings (SSSR count). The Morgan fingerprint density at radius 2 is 2.17 bits per heavy atom. The van der Waals surface area contributed by atoms with Gasteiger partial charge >= 0.3 is 0 Å². The number of hydrogen-bond donors (Lipinski definition) is 1. The van der Waals surface area contributed by atoms with Gasteiger partial charge in [-0.1, -0.05) is 11.6 Å². The van der Waals surface area contributed by atoms with E-state index in [0.29, 0.717) is 24.6 Å². The molecule has 1 saturated heterocycles. The molecule has 1 fully saturated rings. The molecule has 1 atom stereocenters. The van der Waals surface area contributed by atoms with Gasteiger partial charge < -0.3 is 19.9 Å². The fourth-order valence-electron chi connectivity index (χ4n) is 4.21. The molecule has 2 amide bonds. The molecule has 0 saturated carbocycles. The van der Waals surface area contributed by atoms with Crippen LogP contribution in [0.15, 0.2) is 43.0 Å². The Kier molecular flexibility index (Phi) is 7.80. The van der Waals surface area contributed by atoms with E-state index in [1.807, 2.05) is 24.4 Å². The van der Waals surface area contributed by atoms with Crippen LogP contribution in [0.1, 0.15) is 16.7 Å². The summed E-state index contributed by atoms with van der Waals surface area (Å²) in [7, 11) is 3.28. The Hall–Kier alpha value is -3.27. The Bertz CT molecular complexity index is 1250. The first-order valence-corrected chi connectivity index (χ1v) is 11.8.